The summed E-state index contributed by atoms with van der Waals surface area (Å²) in [5, 5.41) is 0. The number of halogens is 1. The Morgan fingerprint density at radius 1 is 1.10 bits per heavy atom. The van der Waals surface area contributed by atoms with Crippen LogP contribution in [0.5, 0.6) is 0 Å². The van der Waals surface area contributed by atoms with Crippen LogP contribution in [0, 0.1) is 12.3 Å². The van der Waals surface area contributed by atoms with E-state index in [1.165, 1.54) is 0 Å². The predicted octanol–water partition coefficient (Wildman–Crippen LogP) is -1.37. The summed E-state index contributed by atoms with van der Waals surface area (Å²) in [5.74, 6) is 2.28. The molecule has 0 saturated heterocycles. The Morgan fingerprint density at radius 2 is 1.60 bits per heavy atom. The Balaban J connectivity index is 0. The summed E-state index contributed by atoms with van der Waals surface area (Å²) in [5.41, 5.74) is 0.826. The van der Waals surface area contributed by atoms with Crippen molar-refractivity contribution >= 4 is 0 Å². The molecule has 0 N–H and O–H groups in total. The van der Waals surface area contributed by atoms with E-state index in [9.17, 15) is 0 Å². The van der Waals surface area contributed by atoms with Crippen molar-refractivity contribution in [2.45, 2.75) is 0 Å². The summed E-state index contributed by atoms with van der Waals surface area (Å²) in [6.07, 6.45) is 6.69. The maximum atomic E-state index is 6.69. The van der Waals surface area contributed by atoms with Gasteiger partial charge in [-0.25, -0.2) is 0 Å². The van der Waals surface area contributed by atoms with Crippen molar-refractivity contribution in [3.05, 3.63) is 42.3 Å². The second-order valence-corrected chi connectivity index (χ2v) is 1.49. The average molecular weight is 202 g/mol. The molecule has 0 fully saturated rings. The number of hydrogen-bond acceptors (Lipinski definition) is 0. The van der Waals surface area contributed by atoms with E-state index in [-0.39, 0.29) is 31.9 Å². The number of hydrogen-bond donors (Lipinski definition) is 0. The van der Waals surface area contributed by atoms with Crippen LogP contribution in [0.4, 0.5) is 0 Å². The molecule has 0 amide bonds. The van der Waals surface area contributed by atoms with Crippen molar-refractivity contribution in [1.29, 1.82) is 0 Å². The van der Waals surface area contributed by atoms with E-state index >= 15 is 0 Å². The minimum atomic E-state index is 0. The fourth-order valence-corrected chi connectivity index (χ4v) is 0.521. The Morgan fingerprint density at radius 3 is 1.90 bits per heavy atom. The molecule has 1 radical (unpaired) electrons. The van der Waals surface area contributed by atoms with Crippen molar-refractivity contribution in [3.63, 3.8) is 0 Å². The Labute approximate surface area is 80.2 Å². The third kappa shape index (κ3) is 3.67. The quantitative estimate of drug-likeness (QED) is 0.359. The van der Waals surface area contributed by atoms with Gasteiger partial charge in [0.2, 0.25) is 0 Å². The van der Waals surface area contributed by atoms with Crippen molar-refractivity contribution in [3.8, 4) is 5.92 Å². The monoisotopic (exact) mass is 200 g/mol. The Bertz CT molecular complexity index is 200. The van der Waals surface area contributed by atoms with Crippen molar-refractivity contribution in [1.82, 2.24) is 0 Å². The normalized spacial score (nSPS) is 6.30. The van der Waals surface area contributed by atoms with Crippen LogP contribution in [0.3, 0.4) is 0 Å². The SMILES string of the molecule is [C]#Cc1ccccc1.[Cl-].[Zn]. The molecule has 0 atom stereocenters. The molecule has 0 saturated carbocycles. The predicted molar refractivity (Wildman–Crippen MR) is 32.7 cm³/mol. The van der Waals surface area contributed by atoms with Gasteiger partial charge in [0.05, 0.1) is 0 Å². The van der Waals surface area contributed by atoms with Gasteiger partial charge in [-0.1, -0.05) is 24.1 Å². The molecule has 0 spiro atoms. The summed E-state index contributed by atoms with van der Waals surface area (Å²) in [6.45, 7) is 0. The fraction of sp³-hybridized carbons (Fsp3) is 0. The zero-order valence-corrected chi connectivity index (χ0v) is 9.19. The first-order valence-corrected chi connectivity index (χ1v) is 2.41. The summed E-state index contributed by atoms with van der Waals surface area (Å²) < 4.78 is 0. The molecule has 0 heterocycles. The molecule has 47 valence electrons. The van der Waals surface area contributed by atoms with Gasteiger partial charge in [-0.15, -0.1) is 0 Å². The molecule has 1 rings (SSSR count). The molecule has 0 bridgehead atoms. The largest absolute Gasteiger partial charge is 1.00 e. The van der Waals surface area contributed by atoms with Gasteiger partial charge in [0, 0.05) is 25.0 Å². The molecule has 0 unspecified atom stereocenters. The van der Waals surface area contributed by atoms with E-state index in [1.54, 1.807) is 0 Å². The molecular formula is C8H5ClZn-. The van der Waals surface area contributed by atoms with Gasteiger partial charge >= 0.3 is 0 Å². The molecule has 0 aromatic heterocycles. The minimum absolute atomic E-state index is 0. The second kappa shape index (κ2) is 6.81. The molecule has 0 nitrogen and oxygen atoms in total. The standard InChI is InChI=1S/C8H5.ClH.Zn/c1-2-8-6-4-3-5-7-8;;/h3-7H;1H;/p-1. The summed E-state index contributed by atoms with van der Waals surface area (Å²) in [6, 6.07) is 9.37. The first kappa shape index (κ1) is 12.4. The minimum Gasteiger partial charge on any atom is -1.00 e. The van der Waals surface area contributed by atoms with Gasteiger partial charge in [0.25, 0.3) is 0 Å². The number of rotatable bonds is 0. The van der Waals surface area contributed by atoms with E-state index < -0.39 is 0 Å². The molecule has 0 aliphatic carbocycles. The maximum Gasteiger partial charge on any atom is 0.0255 e. The fourth-order valence-electron chi connectivity index (χ4n) is 0.521. The summed E-state index contributed by atoms with van der Waals surface area (Å²) in [7, 11) is 0. The third-order valence-corrected chi connectivity index (χ3v) is 0.918. The van der Waals surface area contributed by atoms with Crippen molar-refractivity contribution in [2.75, 3.05) is 0 Å². The summed E-state index contributed by atoms with van der Waals surface area (Å²) in [4.78, 5) is 0. The van der Waals surface area contributed by atoms with Gasteiger partial charge in [0.15, 0.2) is 0 Å². The van der Waals surface area contributed by atoms with Gasteiger partial charge in [-0.05, 0) is 18.6 Å². The van der Waals surface area contributed by atoms with Crippen LogP contribution in [-0.2, 0) is 19.5 Å². The molecule has 0 aliphatic heterocycles. The molecule has 2 heteroatoms. The average Bonchev–Trinajstić information content (AvgIpc) is 1.90. The van der Waals surface area contributed by atoms with E-state index in [4.69, 9.17) is 6.42 Å². The maximum absolute atomic E-state index is 6.69. The first-order valence-electron chi connectivity index (χ1n) is 2.41. The smallest absolute Gasteiger partial charge is 0.0255 e. The molecular weight excluding hydrogens is 197 g/mol. The van der Waals surface area contributed by atoms with Crippen molar-refractivity contribution < 1.29 is 31.9 Å². The zero-order chi connectivity index (χ0) is 5.82. The van der Waals surface area contributed by atoms with Crippen LogP contribution >= 0.6 is 0 Å². The Hall–Kier alpha value is -0.307. The van der Waals surface area contributed by atoms with Crippen LogP contribution in [0.1, 0.15) is 5.56 Å². The van der Waals surface area contributed by atoms with Crippen molar-refractivity contribution in [2.24, 2.45) is 0 Å². The van der Waals surface area contributed by atoms with E-state index in [0.717, 1.165) is 5.56 Å². The molecule has 10 heavy (non-hydrogen) atoms. The van der Waals surface area contributed by atoms with Gasteiger partial charge in [-0.3, -0.25) is 0 Å². The first-order chi connectivity index (χ1) is 3.93. The summed E-state index contributed by atoms with van der Waals surface area (Å²) >= 11 is 0. The van der Waals surface area contributed by atoms with Crippen LogP contribution in [0.15, 0.2) is 30.3 Å². The van der Waals surface area contributed by atoms with Crippen LogP contribution in [-0.4, -0.2) is 0 Å². The van der Waals surface area contributed by atoms with Gasteiger partial charge in [-0.2, -0.15) is 0 Å². The molecule has 1 aromatic rings. The number of benzene rings is 1. The zero-order valence-electron chi connectivity index (χ0n) is 5.47. The van der Waals surface area contributed by atoms with Gasteiger partial charge < -0.3 is 12.4 Å². The van der Waals surface area contributed by atoms with Crippen LogP contribution in [0.25, 0.3) is 0 Å². The van der Waals surface area contributed by atoms with Gasteiger partial charge in [0.1, 0.15) is 0 Å². The van der Waals surface area contributed by atoms with E-state index in [0.29, 0.717) is 0 Å². The van der Waals surface area contributed by atoms with E-state index in [2.05, 4.69) is 5.92 Å². The topological polar surface area (TPSA) is 0 Å². The Kier molecular flexibility index (Phi) is 8.43. The second-order valence-electron chi connectivity index (χ2n) is 1.49. The molecule has 1 aromatic carbocycles. The van der Waals surface area contributed by atoms with Crippen LogP contribution in [0.2, 0.25) is 0 Å². The van der Waals surface area contributed by atoms with E-state index in [1.807, 2.05) is 30.3 Å². The third-order valence-electron chi connectivity index (χ3n) is 0.918. The molecule has 0 aliphatic rings. The van der Waals surface area contributed by atoms with Crippen LogP contribution < -0.4 is 12.4 Å².